The van der Waals surface area contributed by atoms with Gasteiger partial charge in [-0.1, -0.05) is 269 Å². The molecule has 90 heavy (non-hydrogen) atoms. The number of nitrogens with one attached hydrogen (secondary N) is 1. The van der Waals surface area contributed by atoms with Crippen molar-refractivity contribution in [2.24, 2.45) is 0 Å². The van der Waals surface area contributed by atoms with Crippen molar-refractivity contribution < 1.29 is 64.6 Å². The topological polar surface area (TPSA) is 228 Å². The highest BCUT2D eigenvalue weighted by atomic mass is 16.7. The Morgan fingerprint density at radius 1 is 0.411 bits per heavy atom. The van der Waals surface area contributed by atoms with Crippen molar-refractivity contribution >= 4 is 5.91 Å². The van der Waals surface area contributed by atoms with Gasteiger partial charge in [0.1, 0.15) is 48.8 Å². The highest BCUT2D eigenvalue weighted by Crippen LogP contribution is 2.30. The van der Waals surface area contributed by atoms with E-state index >= 15 is 0 Å². The summed E-state index contributed by atoms with van der Waals surface area (Å²) in [6, 6.07) is -0.864. The molecule has 0 aromatic heterocycles. The molecule has 9 N–H and O–H groups in total. The minimum atomic E-state index is -1.79. The molecule has 2 aliphatic rings. The molecule has 0 aliphatic carbocycles. The second-order valence-electron chi connectivity index (χ2n) is 23.9. The number of rotatable bonds is 55. The van der Waals surface area contributed by atoms with Gasteiger partial charge in [0, 0.05) is 6.42 Å². The summed E-state index contributed by atoms with van der Waals surface area (Å²) in [6.45, 7) is 2.71. The Morgan fingerprint density at radius 3 is 1.16 bits per heavy atom. The maximum Gasteiger partial charge on any atom is 0.220 e. The standard InChI is InChI=1S/C76H125NO13/c1-3-5-7-9-11-13-15-17-19-21-22-23-24-25-26-27-28-29-30-31-32-33-34-35-36-37-38-39-40-41-42-44-46-48-50-52-54-56-58-60-68(81)77-64(65(80)59-57-55-53-51-49-47-45-43-20-18-16-14-12-10-8-6-4-2)63-87-75-73(86)71(84)74(67(62-79)89-75)90-76-72(85)70(83)69(82)66(61-78)88-76/h5,7,11,13,17,19,22-23,25-26,28-29,31-32,34-35,37-38,40-41,44,46,50,52,64-67,69-76,78-80,82-86H,3-4,6,8-10,12,14-16,18,20-21,24,27,30,33,36,39,42-43,45,47-49,51,53-63H2,1-2H3,(H,77,81)/b7-5-,13-11-,19-17-,23-22-,26-25-,29-28-,32-31-,35-34-,38-37-,41-40-,46-44-,52-50-. The van der Waals surface area contributed by atoms with Crippen molar-refractivity contribution in [3.05, 3.63) is 146 Å². The third-order valence-electron chi connectivity index (χ3n) is 16.1. The average molecular weight is 1260 g/mol. The average Bonchev–Trinajstić information content (AvgIpc) is 1.04. The van der Waals surface area contributed by atoms with Crippen LogP contribution in [0.5, 0.6) is 0 Å². The van der Waals surface area contributed by atoms with Crippen LogP contribution in [0.1, 0.15) is 232 Å². The third kappa shape index (κ3) is 42.2. The summed E-state index contributed by atoms with van der Waals surface area (Å²) >= 11 is 0. The van der Waals surface area contributed by atoms with E-state index < -0.39 is 86.8 Å². The fourth-order valence-electron chi connectivity index (χ4n) is 10.5. The minimum absolute atomic E-state index is 0.240. The molecule has 14 nitrogen and oxygen atoms in total. The van der Waals surface area contributed by atoms with Crippen LogP contribution in [0.4, 0.5) is 0 Å². The smallest absolute Gasteiger partial charge is 0.220 e. The van der Waals surface area contributed by atoms with Gasteiger partial charge in [0.2, 0.25) is 5.91 Å². The van der Waals surface area contributed by atoms with Gasteiger partial charge in [-0.15, -0.1) is 0 Å². The lowest BCUT2D eigenvalue weighted by atomic mass is 9.97. The van der Waals surface area contributed by atoms with E-state index in [1.54, 1.807) is 0 Å². The van der Waals surface area contributed by atoms with E-state index in [9.17, 15) is 45.6 Å². The van der Waals surface area contributed by atoms with Gasteiger partial charge in [0.05, 0.1) is 32.0 Å². The lowest BCUT2D eigenvalue weighted by Gasteiger charge is -2.46. The van der Waals surface area contributed by atoms with Gasteiger partial charge in [-0.05, 0) is 103 Å². The van der Waals surface area contributed by atoms with Gasteiger partial charge in [-0.2, -0.15) is 0 Å². The van der Waals surface area contributed by atoms with Crippen LogP contribution < -0.4 is 5.32 Å². The molecule has 0 aromatic carbocycles. The van der Waals surface area contributed by atoms with Crippen molar-refractivity contribution in [1.82, 2.24) is 5.32 Å². The zero-order valence-electron chi connectivity index (χ0n) is 55.6. The van der Waals surface area contributed by atoms with E-state index in [1.807, 2.05) is 0 Å². The fraction of sp³-hybridized carbons (Fsp3) is 0.671. The predicted octanol–water partition coefficient (Wildman–Crippen LogP) is 14.5. The number of carbonyl (C=O) groups excluding carboxylic acids is 1. The normalized spacial score (nSPS) is 23.8. The van der Waals surface area contributed by atoms with E-state index in [2.05, 4.69) is 165 Å². The largest absolute Gasteiger partial charge is 0.394 e. The first-order valence-electron chi connectivity index (χ1n) is 35.1. The number of aliphatic hydroxyl groups excluding tert-OH is 8. The molecular formula is C76H125NO13. The van der Waals surface area contributed by atoms with Crippen LogP contribution in [-0.4, -0.2) is 140 Å². The Labute approximate surface area is 544 Å². The molecule has 2 aliphatic heterocycles. The van der Waals surface area contributed by atoms with Crippen LogP contribution in [0.3, 0.4) is 0 Å². The molecule has 0 radical (unpaired) electrons. The maximum atomic E-state index is 13.3. The quantitative estimate of drug-likeness (QED) is 0.0204. The highest BCUT2D eigenvalue weighted by Gasteiger charge is 2.51. The lowest BCUT2D eigenvalue weighted by Crippen LogP contribution is -2.65. The zero-order valence-corrected chi connectivity index (χ0v) is 55.6. The number of hydrogen-bond acceptors (Lipinski definition) is 13. The summed E-state index contributed by atoms with van der Waals surface area (Å²) in [6.07, 6.45) is 71.4. The molecular weight excluding hydrogens is 1130 g/mol. The van der Waals surface area contributed by atoms with Gasteiger partial charge >= 0.3 is 0 Å². The Hall–Kier alpha value is -4.13. The van der Waals surface area contributed by atoms with Gasteiger partial charge < -0.3 is 65.1 Å². The second kappa shape index (κ2) is 58.7. The van der Waals surface area contributed by atoms with Crippen LogP contribution in [-0.2, 0) is 23.7 Å². The Balaban J connectivity index is 1.68. The Morgan fingerprint density at radius 2 is 0.767 bits per heavy atom. The van der Waals surface area contributed by atoms with E-state index in [1.165, 1.54) is 83.5 Å². The summed E-state index contributed by atoms with van der Waals surface area (Å²) in [5.41, 5.74) is 0. The number of hydrogen-bond donors (Lipinski definition) is 9. The predicted molar refractivity (Wildman–Crippen MR) is 368 cm³/mol. The fourth-order valence-corrected chi connectivity index (χ4v) is 10.5. The molecule has 14 heteroatoms. The molecule has 12 unspecified atom stereocenters. The van der Waals surface area contributed by atoms with Crippen molar-refractivity contribution in [2.45, 2.75) is 306 Å². The summed E-state index contributed by atoms with van der Waals surface area (Å²) in [7, 11) is 0. The molecule has 12 atom stereocenters. The number of carbonyl (C=O) groups is 1. The van der Waals surface area contributed by atoms with Gasteiger partial charge in [-0.25, -0.2) is 0 Å². The molecule has 2 rings (SSSR count). The molecule has 2 fully saturated rings. The van der Waals surface area contributed by atoms with E-state index in [0.717, 1.165) is 116 Å². The highest BCUT2D eigenvalue weighted by molar-refractivity contribution is 5.76. The monoisotopic (exact) mass is 1260 g/mol. The van der Waals surface area contributed by atoms with Crippen molar-refractivity contribution in [1.29, 1.82) is 0 Å². The number of allylic oxidation sites excluding steroid dienone is 24. The van der Waals surface area contributed by atoms with Crippen LogP contribution in [0, 0.1) is 0 Å². The summed E-state index contributed by atoms with van der Waals surface area (Å²) < 4.78 is 22.9. The number of amides is 1. The SMILES string of the molecule is CC/C=C\C/C=C\C/C=C\C/C=C\C/C=C\C/C=C\C/C=C\C/C=C\C/C=C\C/C=C\C/C=C\C/C=C\CCCCC(=O)NC(COC1OC(CO)C(OC2OC(CO)C(O)C(O)C2O)C(O)C1O)C(O)CCCCCCCCCCCCCCCCCCC. The summed E-state index contributed by atoms with van der Waals surface area (Å²) in [5.74, 6) is -0.254. The van der Waals surface area contributed by atoms with E-state index in [-0.39, 0.29) is 18.9 Å². The van der Waals surface area contributed by atoms with Crippen LogP contribution in [0.25, 0.3) is 0 Å². The van der Waals surface area contributed by atoms with Crippen molar-refractivity contribution in [3.63, 3.8) is 0 Å². The third-order valence-corrected chi connectivity index (χ3v) is 16.1. The molecule has 0 aromatic rings. The molecule has 2 heterocycles. The summed E-state index contributed by atoms with van der Waals surface area (Å²) in [5, 5.41) is 87.5. The van der Waals surface area contributed by atoms with Crippen molar-refractivity contribution in [2.75, 3.05) is 19.8 Å². The number of ether oxygens (including phenoxy) is 4. The molecule has 2 saturated heterocycles. The van der Waals surface area contributed by atoms with E-state index in [4.69, 9.17) is 18.9 Å². The maximum absolute atomic E-state index is 13.3. The first kappa shape index (κ1) is 82.0. The summed E-state index contributed by atoms with van der Waals surface area (Å²) in [4.78, 5) is 13.3. The van der Waals surface area contributed by atoms with Crippen LogP contribution in [0.15, 0.2) is 146 Å². The van der Waals surface area contributed by atoms with Crippen LogP contribution >= 0.6 is 0 Å². The van der Waals surface area contributed by atoms with Gasteiger partial charge in [0.15, 0.2) is 12.6 Å². The van der Waals surface area contributed by atoms with Gasteiger partial charge in [0.25, 0.3) is 0 Å². The first-order valence-corrected chi connectivity index (χ1v) is 35.1. The van der Waals surface area contributed by atoms with Gasteiger partial charge in [-0.3, -0.25) is 4.79 Å². The molecule has 512 valence electrons. The number of unbranched alkanes of at least 4 members (excludes halogenated alkanes) is 18. The molecule has 0 saturated carbocycles. The lowest BCUT2D eigenvalue weighted by molar-refractivity contribution is -0.359. The zero-order chi connectivity index (χ0) is 65.2. The van der Waals surface area contributed by atoms with Crippen molar-refractivity contribution in [3.8, 4) is 0 Å². The molecule has 1 amide bonds. The first-order chi connectivity index (χ1) is 44.1. The molecule has 0 spiro atoms. The molecule has 0 bridgehead atoms. The number of aliphatic hydroxyl groups is 8. The Kier molecular flexibility index (Phi) is 53.4. The minimum Gasteiger partial charge on any atom is -0.394 e. The Bertz CT molecular complexity index is 2070. The second-order valence-corrected chi connectivity index (χ2v) is 23.9. The van der Waals surface area contributed by atoms with E-state index in [0.29, 0.717) is 12.8 Å². The van der Waals surface area contributed by atoms with Crippen LogP contribution in [0.2, 0.25) is 0 Å².